The summed E-state index contributed by atoms with van der Waals surface area (Å²) in [4.78, 5) is 13.5. The average Bonchev–Trinajstić information content (AvgIpc) is 2.84. The highest BCUT2D eigenvalue weighted by atomic mass is 16.3. The van der Waals surface area contributed by atoms with Crippen molar-refractivity contribution in [1.29, 1.82) is 0 Å². The minimum absolute atomic E-state index is 0.102. The predicted molar refractivity (Wildman–Crippen MR) is 58.8 cm³/mol. The van der Waals surface area contributed by atoms with Gasteiger partial charge in [0.2, 0.25) is 5.91 Å². The van der Waals surface area contributed by atoms with Crippen LogP contribution in [0.3, 0.4) is 0 Å². The van der Waals surface area contributed by atoms with Crippen molar-refractivity contribution in [2.45, 2.75) is 32.4 Å². The van der Waals surface area contributed by atoms with E-state index in [1.165, 1.54) is 0 Å². The monoisotopic (exact) mass is 223 g/mol. The van der Waals surface area contributed by atoms with E-state index in [0.717, 1.165) is 5.56 Å². The second-order valence-corrected chi connectivity index (χ2v) is 4.31. The van der Waals surface area contributed by atoms with Gasteiger partial charge in [0.1, 0.15) is 0 Å². The molecule has 88 valence electrons. The van der Waals surface area contributed by atoms with Gasteiger partial charge in [-0.2, -0.15) is 5.10 Å². The van der Waals surface area contributed by atoms with Crippen molar-refractivity contribution in [3.05, 3.63) is 18.0 Å². The molecule has 16 heavy (non-hydrogen) atoms. The Bertz CT molecular complexity index is 375. The molecule has 1 aromatic rings. The van der Waals surface area contributed by atoms with E-state index in [0.29, 0.717) is 32.5 Å². The standard InChI is InChI=1S/C11H17N3O2/c1-9-6-12-14(7-9)5-3-11(16)13-4-2-10(15)8-13/h6-7,10,15H,2-5,8H2,1H3/t10-/m0/s1. The topological polar surface area (TPSA) is 58.4 Å². The zero-order chi connectivity index (χ0) is 11.5. The molecule has 0 aliphatic carbocycles. The number of aromatic nitrogens is 2. The first-order chi connectivity index (χ1) is 7.65. The fraction of sp³-hybridized carbons (Fsp3) is 0.636. The summed E-state index contributed by atoms with van der Waals surface area (Å²) in [6, 6.07) is 0. The number of aliphatic hydroxyl groups excluding tert-OH is 1. The van der Waals surface area contributed by atoms with E-state index in [2.05, 4.69) is 5.10 Å². The molecule has 1 fully saturated rings. The molecule has 1 aliphatic rings. The second-order valence-electron chi connectivity index (χ2n) is 4.31. The zero-order valence-electron chi connectivity index (χ0n) is 9.46. The van der Waals surface area contributed by atoms with Crippen molar-refractivity contribution in [1.82, 2.24) is 14.7 Å². The van der Waals surface area contributed by atoms with Crippen molar-refractivity contribution in [2.75, 3.05) is 13.1 Å². The molecular weight excluding hydrogens is 206 g/mol. The van der Waals surface area contributed by atoms with Crippen LogP contribution >= 0.6 is 0 Å². The minimum atomic E-state index is -0.337. The zero-order valence-corrected chi connectivity index (χ0v) is 9.46. The van der Waals surface area contributed by atoms with Crippen molar-refractivity contribution in [3.63, 3.8) is 0 Å². The lowest BCUT2D eigenvalue weighted by Gasteiger charge is -2.15. The molecule has 0 radical (unpaired) electrons. The van der Waals surface area contributed by atoms with Gasteiger partial charge in [0.05, 0.1) is 12.3 Å². The molecule has 1 N–H and O–H groups in total. The number of carbonyl (C=O) groups is 1. The van der Waals surface area contributed by atoms with Crippen LogP contribution in [-0.4, -0.2) is 44.9 Å². The van der Waals surface area contributed by atoms with Crippen LogP contribution in [-0.2, 0) is 11.3 Å². The van der Waals surface area contributed by atoms with Gasteiger partial charge in [0.25, 0.3) is 0 Å². The predicted octanol–water partition coefficient (Wildman–Crippen LogP) is 0.175. The van der Waals surface area contributed by atoms with Crippen LogP contribution < -0.4 is 0 Å². The van der Waals surface area contributed by atoms with Gasteiger partial charge < -0.3 is 10.0 Å². The summed E-state index contributed by atoms with van der Waals surface area (Å²) in [6.45, 7) is 3.75. The largest absolute Gasteiger partial charge is 0.391 e. The first kappa shape index (κ1) is 11.1. The minimum Gasteiger partial charge on any atom is -0.391 e. The third kappa shape index (κ3) is 2.61. The molecule has 1 aromatic heterocycles. The fourth-order valence-electron chi connectivity index (χ4n) is 1.93. The summed E-state index contributed by atoms with van der Waals surface area (Å²) in [5.41, 5.74) is 1.10. The Balaban J connectivity index is 1.80. The van der Waals surface area contributed by atoms with Crippen LogP contribution in [0.5, 0.6) is 0 Å². The molecule has 1 saturated heterocycles. The van der Waals surface area contributed by atoms with Crippen molar-refractivity contribution in [2.24, 2.45) is 0 Å². The quantitative estimate of drug-likeness (QED) is 0.795. The Kier molecular flexibility index (Phi) is 3.24. The van der Waals surface area contributed by atoms with Gasteiger partial charge in [-0.3, -0.25) is 9.48 Å². The number of likely N-dealkylation sites (tertiary alicyclic amines) is 1. The highest BCUT2D eigenvalue weighted by Gasteiger charge is 2.23. The molecule has 2 heterocycles. The smallest absolute Gasteiger partial charge is 0.224 e. The Hall–Kier alpha value is -1.36. The maximum Gasteiger partial charge on any atom is 0.224 e. The molecule has 1 atom stereocenters. The van der Waals surface area contributed by atoms with Gasteiger partial charge >= 0.3 is 0 Å². The van der Waals surface area contributed by atoms with Gasteiger partial charge in [-0.25, -0.2) is 0 Å². The first-order valence-electron chi connectivity index (χ1n) is 5.60. The van der Waals surface area contributed by atoms with Gasteiger partial charge in [0.15, 0.2) is 0 Å². The first-order valence-corrected chi connectivity index (χ1v) is 5.60. The van der Waals surface area contributed by atoms with E-state index >= 15 is 0 Å². The number of amides is 1. The molecule has 5 heteroatoms. The van der Waals surface area contributed by atoms with E-state index in [9.17, 15) is 9.90 Å². The Labute approximate surface area is 94.7 Å². The number of aliphatic hydroxyl groups is 1. The second kappa shape index (κ2) is 4.65. The number of β-amino-alcohol motifs (C(OH)–C–C–N with tert-alkyl or cyclic N) is 1. The third-order valence-electron chi connectivity index (χ3n) is 2.83. The van der Waals surface area contributed by atoms with Crippen LogP contribution in [0.2, 0.25) is 0 Å². The number of hydrogen-bond donors (Lipinski definition) is 1. The SMILES string of the molecule is Cc1cnn(CCC(=O)N2CC[C@H](O)C2)c1. The molecule has 0 unspecified atom stereocenters. The van der Waals surface area contributed by atoms with E-state index in [4.69, 9.17) is 0 Å². The number of rotatable bonds is 3. The molecule has 1 aliphatic heterocycles. The highest BCUT2D eigenvalue weighted by Crippen LogP contribution is 2.10. The highest BCUT2D eigenvalue weighted by molar-refractivity contribution is 5.76. The van der Waals surface area contributed by atoms with E-state index in [1.807, 2.05) is 13.1 Å². The normalized spacial score (nSPS) is 20.4. The average molecular weight is 223 g/mol. The molecule has 0 bridgehead atoms. The fourth-order valence-corrected chi connectivity index (χ4v) is 1.93. The molecule has 5 nitrogen and oxygen atoms in total. The van der Waals surface area contributed by atoms with E-state index < -0.39 is 0 Å². The lowest BCUT2D eigenvalue weighted by Crippen LogP contribution is -2.30. The lowest BCUT2D eigenvalue weighted by molar-refractivity contribution is -0.130. The number of aryl methyl sites for hydroxylation is 2. The van der Waals surface area contributed by atoms with Crippen molar-refractivity contribution < 1.29 is 9.90 Å². The van der Waals surface area contributed by atoms with Crippen LogP contribution in [0.15, 0.2) is 12.4 Å². The Morgan fingerprint density at radius 1 is 1.69 bits per heavy atom. The maximum atomic E-state index is 11.7. The lowest BCUT2D eigenvalue weighted by atomic mass is 10.3. The molecule has 1 amide bonds. The van der Waals surface area contributed by atoms with Gasteiger partial charge in [0, 0.05) is 32.3 Å². The van der Waals surface area contributed by atoms with Gasteiger partial charge in [-0.05, 0) is 18.9 Å². The summed E-state index contributed by atoms with van der Waals surface area (Å²) in [5.74, 6) is 0.102. The van der Waals surface area contributed by atoms with Gasteiger partial charge in [-0.15, -0.1) is 0 Å². The van der Waals surface area contributed by atoms with Crippen LogP contribution in [0.25, 0.3) is 0 Å². The summed E-state index contributed by atoms with van der Waals surface area (Å²) < 4.78 is 1.78. The van der Waals surface area contributed by atoms with Crippen LogP contribution in [0.4, 0.5) is 0 Å². The molecule has 0 aromatic carbocycles. The molecular formula is C11H17N3O2. The summed E-state index contributed by atoms with van der Waals surface area (Å²) in [7, 11) is 0. The van der Waals surface area contributed by atoms with E-state index in [-0.39, 0.29) is 12.0 Å². The number of nitrogens with zero attached hydrogens (tertiary/aromatic N) is 3. The van der Waals surface area contributed by atoms with Crippen LogP contribution in [0, 0.1) is 6.92 Å². The molecule has 2 rings (SSSR count). The van der Waals surface area contributed by atoms with Crippen molar-refractivity contribution >= 4 is 5.91 Å². The summed E-state index contributed by atoms with van der Waals surface area (Å²) in [5, 5.41) is 13.5. The van der Waals surface area contributed by atoms with Gasteiger partial charge in [-0.1, -0.05) is 0 Å². The summed E-state index contributed by atoms with van der Waals surface area (Å²) >= 11 is 0. The van der Waals surface area contributed by atoms with Crippen LogP contribution in [0.1, 0.15) is 18.4 Å². The Morgan fingerprint density at radius 2 is 2.50 bits per heavy atom. The van der Waals surface area contributed by atoms with E-state index in [1.54, 1.807) is 15.8 Å². The Morgan fingerprint density at radius 3 is 3.06 bits per heavy atom. The van der Waals surface area contributed by atoms with Crippen molar-refractivity contribution in [3.8, 4) is 0 Å². The number of carbonyl (C=O) groups excluding carboxylic acids is 1. The molecule has 0 spiro atoms. The number of hydrogen-bond acceptors (Lipinski definition) is 3. The summed E-state index contributed by atoms with van der Waals surface area (Å²) in [6.07, 6.45) is 4.52. The molecule has 0 saturated carbocycles. The third-order valence-corrected chi connectivity index (χ3v) is 2.83. The maximum absolute atomic E-state index is 11.7.